The number of nitriles is 1. The maximum atomic E-state index is 9.81. The number of aromatic nitrogens is 1. The molecule has 5 rings (SSSR count). The zero-order valence-corrected chi connectivity index (χ0v) is 20.6. The molecule has 3 aromatic carbocycles. The van der Waals surface area contributed by atoms with Crippen molar-refractivity contribution in [2.45, 2.75) is 20.3 Å². The minimum absolute atomic E-state index is 0.449. The molecule has 0 unspecified atom stereocenters. The number of fused-ring (bicyclic) bond motifs is 3. The Morgan fingerprint density at radius 3 is 2.66 bits per heavy atom. The number of allylic oxidation sites excluding steroid dienone is 1. The van der Waals surface area contributed by atoms with E-state index in [1.165, 1.54) is 16.9 Å². The molecule has 0 radical (unpaired) electrons. The fraction of sp³-hybridized carbons (Fsp3) is 0.172. The first-order valence-corrected chi connectivity index (χ1v) is 12.3. The quantitative estimate of drug-likeness (QED) is 0.240. The molecule has 0 aliphatic heterocycles. The number of anilines is 1. The molecular formula is C29H25N3O2S. The summed E-state index contributed by atoms with van der Waals surface area (Å²) in [6.45, 7) is 4.43. The number of nitrogens with one attached hydrogen (secondary N) is 1. The normalized spacial score (nSPS) is 11.8. The molecule has 0 spiro atoms. The summed E-state index contributed by atoms with van der Waals surface area (Å²) in [6, 6.07) is 22.5. The molecule has 0 bridgehead atoms. The van der Waals surface area contributed by atoms with E-state index in [0.717, 1.165) is 39.6 Å². The van der Waals surface area contributed by atoms with Crippen LogP contribution in [0.3, 0.4) is 0 Å². The van der Waals surface area contributed by atoms with Crippen molar-refractivity contribution < 1.29 is 9.15 Å². The van der Waals surface area contributed by atoms with Crippen LogP contribution in [0.25, 0.3) is 38.8 Å². The summed E-state index contributed by atoms with van der Waals surface area (Å²) in [5, 5.41) is 17.7. The van der Waals surface area contributed by atoms with Crippen molar-refractivity contribution in [3.05, 3.63) is 82.8 Å². The number of para-hydroxylation sites is 1. The van der Waals surface area contributed by atoms with Gasteiger partial charge in [-0.1, -0.05) is 56.3 Å². The van der Waals surface area contributed by atoms with Crippen LogP contribution in [-0.2, 0) is 6.42 Å². The van der Waals surface area contributed by atoms with E-state index in [4.69, 9.17) is 14.1 Å². The zero-order chi connectivity index (χ0) is 24.4. The standard InChI is InChI=1S/C29H25N3O2S/c1-18(2)12-19-8-10-20(11-9-19)25-17-35-29(32-25)21(15-30)16-31-24-14-27-23(13-28(24)33-3)22-6-4-5-7-26(22)34-27/h4-11,13-14,16-18,31H,12H2,1-3H3. The highest BCUT2D eigenvalue weighted by Crippen LogP contribution is 2.36. The van der Waals surface area contributed by atoms with Crippen LogP contribution in [0, 0.1) is 17.2 Å². The van der Waals surface area contributed by atoms with Crippen LogP contribution >= 0.6 is 11.3 Å². The van der Waals surface area contributed by atoms with Gasteiger partial charge in [0.2, 0.25) is 0 Å². The second-order valence-corrected chi connectivity index (χ2v) is 9.65. The van der Waals surface area contributed by atoms with Crippen LogP contribution in [0.1, 0.15) is 24.4 Å². The smallest absolute Gasteiger partial charge is 0.143 e. The summed E-state index contributed by atoms with van der Waals surface area (Å²) in [5.41, 5.74) is 5.96. The second-order valence-electron chi connectivity index (χ2n) is 8.79. The fourth-order valence-corrected chi connectivity index (χ4v) is 4.93. The van der Waals surface area contributed by atoms with Gasteiger partial charge in [0.15, 0.2) is 0 Å². The molecule has 0 amide bonds. The maximum Gasteiger partial charge on any atom is 0.143 e. The molecule has 174 valence electrons. The van der Waals surface area contributed by atoms with E-state index in [0.29, 0.717) is 27.9 Å². The minimum Gasteiger partial charge on any atom is -0.495 e. The van der Waals surface area contributed by atoms with Gasteiger partial charge < -0.3 is 14.5 Å². The van der Waals surface area contributed by atoms with Gasteiger partial charge in [-0.3, -0.25) is 0 Å². The summed E-state index contributed by atoms with van der Waals surface area (Å²) < 4.78 is 11.6. The molecule has 0 saturated carbocycles. The summed E-state index contributed by atoms with van der Waals surface area (Å²) >= 11 is 1.45. The molecule has 0 aliphatic rings. The van der Waals surface area contributed by atoms with Gasteiger partial charge >= 0.3 is 0 Å². The Hall–Kier alpha value is -4.08. The van der Waals surface area contributed by atoms with E-state index in [9.17, 15) is 5.26 Å². The molecule has 2 heterocycles. The van der Waals surface area contributed by atoms with Crippen LogP contribution in [0.5, 0.6) is 5.75 Å². The van der Waals surface area contributed by atoms with E-state index in [-0.39, 0.29) is 0 Å². The van der Waals surface area contributed by atoms with E-state index < -0.39 is 0 Å². The predicted octanol–water partition coefficient (Wildman–Crippen LogP) is 7.89. The number of hydrogen-bond acceptors (Lipinski definition) is 6. The number of furan rings is 1. The van der Waals surface area contributed by atoms with Gasteiger partial charge in [-0.05, 0) is 30.0 Å². The molecule has 0 fully saturated rings. The largest absolute Gasteiger partial charge is 0.495 e. The van der Waals surface area contributed by atoms with Gasteiger partial charge in [0.25, 0.3) is 0 Å². The highest BCUT2D eigenvalue weighted by atomic mass is 32.1. The van der Waals surface area contributed by atoms with Crippen molar-refractivity contribution in [2.75, 3.05) is 12.4 Å². The van der Waals surface area contributed by atoms with Gasteiger partial charge in [0.05, 0.1) is 18.5 Å². The first-order chi connectivity index (χ1) is 17.1. The van der Waals surface area contributed by atoms with Crippen molar-refractivity contribution in [3.8, 4) is 23.1 Å². The number of ether oxygens (including phenoxy) is 1. The third kappa shape index (κ3) is 4.64. The molecule has 5 aromatic rings. The van der Waals surface area contributed by atoms with Gasteiger partial charge in [0.1, 0.15) is 33.6 Å². The predicted molar refractivity (Wildman–Crippen MR) is 144 cm³/mol. The molecule has 35 heavy (non-hydrogen) atoms. The van der Waals surface area contributed by atoms with Crippen LogP contribution in [0.2, 0.25) is 0 Å². The lowest BCUT2D eigenvalue weighted by molar-refractivity contribution is 0.417. The Kier molecular flexibility index (Phi) is 6.26. The topological polar surface area (TPSA) is 71.1 Å². The van der Waals surface area contributed by atoms with Crippen LogP contribution in [-0.4, -0.2) is 12.1 Å². The first kappa shape index (κ1) is 22.7. The zero-order valence-electron chi connectivity index (χ0n) is 19.8. The van der Waals surface area contributed by atoms with Crippen molar-refractivity contribution in [1.82, 2.24) is 4.98 Å². The Morgan fingerprint density at radius 1 is 1.11 bits per heavy atom. The average molecular weight is 480 g/mol. The number of thiazole rings is 1. The SMILES string of the molecule is COc1cc2c(cc1NC=C(C#N)c1nc(-c3ccc(CC(C)C)cc3)cs1)oc1ccccc12. The summed E-state index contributed by atoms with van der Waals surface area (Å²) in [7, 11) is 1.63. The number of benzene rings is 3. The third-order valence-electron chi connectivity index (χ3n) is 5.82. The van der Waals surface area contributed by atoms with E-state index in [1.54, 1.807) is 13.3 Å². The Morgan fingerprint density at radius 2 is 1.91 bits per heavy atom. The molecule has 0 saturated heterocycles. The summed E-state index contributed by atoms with van der Waals surface area (Å²) in [5.74, 6) is 1.28. The number of hydrogen-bond donors (Lipinski definition) is 1. The van der Waals surface area contributed by atoms with Gasteiger partial charge in [-0.25, -0.2) is 4.98 Å². The average Bonchev–Trinajstić information content (AvgIpc) is 3.49. The Bertz CT molecular complexity index is 1570. The summed E-state index contributed by atoms with van der Waals surface area (Å²) in [6.07, 6.45) is 2.72. The Labute approximate surface area is 208 Å². The molecule has 2 aromatic heterocycles. The highest BCUT2D eigenvalue weighted by Gasteiger charge is 2.13. The van der Waals surface area contributed by atoms with E-state index in [2.05, 4.69) is 49.5 Å². The van der Waals surface area contributed by atoms with Crippen molar-refractivity contribution in [2.24, 2.45) is 5.92 Å². The van der Waals surface area contributed by atoms with E-state index in [1.807, 2.05) is 41.8 Å². The minimum atomic E-state index is 0.449. The molecule has 0 atom stereocenters. The highest BCUT2D eigenvalue weighted by molar-refractivity contribution is 7.11. The Balaban J connectivity index is 1.41. The van der Waals surface area contributed by atoms with Crippen LogP contribution in [0.15, 0.2) is 76.7 Å². The van der Waals surface area contributed by atoms with Crippen molar-refractivity contribution in [1.29, 1.82) is 5.26 Å². The third-order valence-corrected chi connectivity index (χ3v) is 6.70. The first-order valence-electron chi connectivity index (χ1n) is 11.5. The number of nitrogens with zero attached hydrogens (tertiary/aromatic N) is 2. The van der Waals surface area contributed by atoms with Gasteiger partial charge in [-0.15, -0.1) is 11.3 Å². The molecule has 6 heteroatoms. The maximum absolute atomic E-state index is 9.81. The molecule has 1 N–H and O–H groups in total. The lowest BCUT2D eigenvalue weighted by atomic mass is 10.0. The molecule has 0 aliphatic carbocycles. The lowest BCUT2D eigenvalue weighted by Gasteiger charge is -2.08. The summed E-state index contributed by atoms with van der Waals surface area (Å²) in [4.78, 5) is 4.71. The molecular weight excluding hydrogens is 454 g/mol. The molecule has 5 nitrogen and oxygen atoms in total. The number of methoxy groups -OCH3 is 1. The van der Waals surface area contributed by atoms with E-state index >= 15 is 0 Å². The van der Waals surface area contributed by atoms with Crippen LogP contribution in [0.4, 0.5) is 5.69 Å². The monoisotopic (exact) mass is 479 g/mol. The van der Waals surface area contributed by atoms with Crippen molar-refractivity contribution in [3.63, 3.8) is 0 Å². The lowest BCUT2D eigenvalue weighted by Crippen LogP contribution is -1.95. The van der Waals surface area contributed by atoms with Crippen molar-refractivity contribution >= 4 is 44.5 Å². The van der Waals surface area contributed by atoms with Crippen LogP contribution < -0.4 is 10.1 Å². The number of rotatable bonds is 7. The fourth-order valence-electron chi connectivity index (χ4n) is 4.14. The van der Waals surface area contributed by atoms with Gasteiger partial charge in [-0.2, -0.15) is 5.26 Å². The van der Waals surface area contributed by atoms with Gasteiger partial charge in [0, 0.05) is 34.0 Å². The second kappa shape index (κ2) is 9.65.